The van der Waals surface area contributed by atoms with Gasteiger partial charge in [-0.3, -0.25) is 4.79 Å². The molecule has 0 bridgehead atoms. The molecule has 0 aliphatic rings. The molecule has 6 heteroatoms. The molecule has 86 valence electrons. The van der Waals surface area contributed by atoms with Gasteiger partial charge in [0.1, 0.15) is 0 Å². The molecule has 0 fully saturated rings. The molecular weight excluding hydrogens is 237 g/mol. The summed E-state index contributed by atoms with van der Waals surface area (Å²) in [6.45, 7) is 1.88. The predicted molar refractivity (Wildman–Crippen MR) is 67.3 cm³/mol. The first-order valence-corrected chi connectivity index (χ1v) is 3.98. The lowest BCUT2D eigenvalue weighted by Gasteiger charge is -2.06. The highest BCUT2D eigenvalue weighted by atomic mass is 35.5. The van der Waals surface area contributed by atoms with Crippen LogP contribution in [0.1, 0.15) is 12.5 Å². The number of nitrogen functional groups attached to an aromatic ring is 2. The first kappa shape index (κ1) is 16.3. The zero-order valence-electron chi connectivity index (χ0n) is 8.32. The van der Waals surface area contributed by atoms with Gasteiger partial charge in [0, 0.05) is 24.8 Å². The highest BCUT2D eigenvalue weighted by molar-refractivity contribution is 5.85. The largest absolute Gasteiger partial charge is 0.399 e. The zero-order valence-corrected chi connectivity index (χ0v) is 9.95. The van der Waals surface area contributed by atoms with Crippen LogP contribution < -0.4 is 16.8 Å². The van der Waals surface area contributed by atoms with Gasteiger partial charge in [-0.2, -0.15) is 0 Å². The minimum Gasteiger partial charge on any atom is -0.399 e. The van der Waals surface area contributed by atoms with Crippen molar-refractivity contribution in [1.29, 1.82) is 0 Å². The quantitative estimate of drug-likeness (QED) is 0.694. The van der Waals surface area contributed by atoms with E-state index in [1.54, 1.807) is 18.2 Å². The van der Waals surface area contributed by atoms with E-state index < -0.39 is 0 Å². The van der Waals surface area contributed by atoms with Crippen molar-refractivity contribution >= 4 is 42.1 Å². The molecule has 0 aliphatic heterocycles. The van der Waals surface area contributed by atoms with Crippen molar-refractivity contribution in [1.82, 2.24) is 5.32 Å². The average Bonchev–Trinajstić information content (AvgIpc) is 2.06. The molecule has 0 saturated carbocycles. The van der Waals surface area contributed by atoms with Gasteiger partial charge >= 0.3 is 0 Å². The van der Waals surface area contributed by atoms with Gasteiger partial charge < -0.3 is 16.8 Å². The summed E-state index contributed by atoms with van der Waals surface area (Å²) in [6.07, 6.45) is 0. The summed E-state index contributed by atoms with van der Waals surface area (Å²) < 4.78 is 0. The van der Waals surface area contributed by atoms with Crippen molar-refractivity contribution in [2.75, 3.05) is 11.5 Å². The number of nitrogens with two attached hydrogens (primary N) is 2. The van der Waals surface area contributed by atoms with Crippen LogP contribution in [0.4, 0.5) is 11.4 Å². The number of amides is 1. The molecule has 0 aromatic heterocycles. The molecule has 0 unspecified atom stereocenters. The summed E-state index contributed by atoms with van der Waals surface area (Å²) in [5, 5.41) is 2.66. The molecule has 0 atom stereocenters. The number of carbonyl (C=O) groups is 1. The fraction of sp³-hybridized carbons (Fsp3) is 0.222. The number of nitrogens with one attached hydrogen (secondary N) is 1. The number of hydrogen-bond donors (Lipinski definition) is 3. The summed E-state index contributed by atoms with van der Waals surface area (Å²) in [5.41, 5.74) is 13.4. The lowest BCUT2D eigenvalue weighted by atomic mass is 10.1. The Bertz CT molecular complexity index is 331. The van der Waals surface area contributed by atoms with Crippen LogP contribution in [0.25, 0.3) is 0 Å². The summed E-state index contributed by atoms with van der Waals surface area (Å²) >= 11 is 0. The van der Waals surface area contributed by atoms with Crippen LogP contribution in [0.2, 0.25) is 0 Å². The third-order valence-corrected chi connectivity index (χ3v) is 1.69. The number of carbonyl (C=O) groups excluding carboxylic acids is 1. The van der Waals surface area contributed by atoms with Crippen LogP contribution in [0.5, 0.6) is 0 Å². The molecule has 0 saturated heterocycles. The third-order valence-electron chi connectivity index (χ3n) is 1.69. The van der Waals surface area contributed by atoms with E-state index >= 15 is 0 Å². The Morgan fingerprint density at radius 3 is 2.47 bits per heavy atom. The van der Waals surface area contributed by atoms with E-state index in [0.717, 1.165) is 5.56 Å². The fourth-order valence-electron chi connectivity index (χ4n) is 0.998. The molecule has 0 heterocycles. The van der Waals surface area contributed by atoms with Gasteiger partial charge in [-0.05, 0) is 23.8 Å². The molecule has 1 aromatic rings. The zero-order chi connectivity index (χ0) is 9.84. The second-order valence-electron chi connectivity index (χ2n) is 2.87. The number of benzene rings is 1. The van der Waals surface area contributed by atoms with Crippen molar-refractivity contribution in [2.24, 2.45) is 0 Å². The molecule has 0 aliphatic carbocycles. The Kier molecular flexibility index (Phi) is 7.83. The molecule has 1 aromatic carbocycles. The lowest BCUT2D eigenvalue weighted by molar-refractivity contribution is -0.119. The number of hydrogen-bond acceptors (Lipinski definition) is 3. The monoisotopic (exact) mass is 251 g/mol. The maximum Gasteiger partial charge on any atom is 0.217 e. The molecule has 4 nitrogen and oxygen atoms in total. The molecule has 1 amide bonds. The Balaban J connectivity index is 0. The SMILES string of the molecule is CC(=O)NCc1cc(N)ccc1N.Cl.Cl. The standard InChI is InChI=1S/C9H13N3O.2ClH/c1-6(13)12-5-7-4-8(10)2-3-9(7)11;;/h2-4H,5,10-11H2,1H3,(H,12,13);2*1H. The second kappa shape index (κ2) is 7.20. The van der Waals surface area contributed by atoms with Crippen LogP contribution in [-0.4, -0.2) is 5.91 Å². The molecule has 0 spiro atoms. The van der Waals surface area contributed by atoms with Gasteiger partial charge in [0.2, 0.25) is 5.91 Å². The van der Waals surface area contributed by atoms with Gasteiger partial charge in [0.15, 0.2) is 0 Å². The molecule has 0 radical (unpaired) electrons. The number of halogens is 2. The van der Waals surface area contributed by atoms with E-state index in [9.17, 15) is 4.79 Å². The van der Waals surface area contributed by atoms with Gasteiger partial charge in [-0.15, -0.1) is 24.8 Å². The van der Waals surface area contributed by atoms with E-state index in [4.69, 9.17) is 11.5 Å². The van der Waals surface area contributed by atoms with Crippen LogP contribution in [0.3, 0.4) is 0 Å². The number of rotatable bonds is 2. The second-order valence-corrected chi connectivity index (χ2v) is 2.87. The Labute approximate surface area is 101 Å². The van der Waals surface area contributed by atoms with E-state index in [1.165, 1.54) is 6.92 Å². The van der Waals surface area contributed by atoms with E-state index in [0.29, 0.717) is 17.9 Å². The maximum absolute atomic E-state index is 10.6. The molecule has 1 rings (SSSR count). The topological polar surface area (TPSA) is 81.1 Å². The lowest BCUT2D eigenvalue weighted by Crippen LogP contribution is -2.19. The van der Waals surface area contributed by atoms with E-state index in [1.807, 2.05) is 0 Å². The van der Waals surface area contributed by atoms with Gasteiger partial charge in [-0.25, -0.2) is 0 Å². The van der Waals surface area contributed by atoms with E-state index in [-0.39, 0.29) is 30.7 Å². The Hall–Kier alpha value is -1.13. The molecule has 15 heavy (non-hydrogen) atoms. The normalized spacial score (nSPS) is 8.33. The summed E-state index contributed by atoms with van der Waals surface area (Å²) in [4.78, 5) is 10.6. The molecular formula is C9H15Cl2N3O. The highest BCUT2D eigenvalue weighted by Crippen LogP contribution is 2.14. The summed E-state index contributed by atoms with van der Waals surface area (Å²) in [5.74, 6) is -0.0816. The summed E-state index contributed by atoms with van der Waals surface area (Å²) in [6, 6.07) is 5.21. The van der Waals surface area contributed by atoms with Gasteiger partial charge in [0.25, 0.3) is 0 Å². The van der Waals surface area contributed by atoms with Crippen molar-refractivity contribution in [2.45, 2.75) is 13.5 Å². The first-order chi connectivity index (χ1) is 6.09. The third kappa shape index (κ3) is 5.34. The van der Waals surface area contributed by atoms with Crippen LogP contribution >= 0.6 is 24.8 Å². The minimum atomic E-state index is -0.0816. The Morgan fingerprint density at radius 1 is 1.33 bits per heavy atom. The maximum atomic E-state index is 10.6. The average molecular weight is 252 g/mol. The van der Waals surface area contributed by atoms with Crippen molar-refractivity contribution in [3.8, 4) is 0 Å². The first-order valence-electron chi connectivity index (χ1n) is 3.98. The fourth-order valence-corrected chi connectivity index (χ4v) is 0.998. The van der Waals surface area contributed by atoms with E-state index in [2.05, 4.69) is 5.32 Å². The number of anilines is 2. The van der Waals surface area contributed by atoms with Gasteiger partial charge in [-0.1, -0.05) is 0 Å². The Morgan fingerprint density at radius 2 is 1.93 bits per heavy atom. The smallest absolute Gasteiger partial charge is 0.217 e. The van der Waals surface area contributed by atoms with Crippen molar-refractivity contribution in [3.63, 3.8) is 0 Å². The summed E-state index contributed by atoms with van der Waals surface area (Å²) in [7, 11) is 0. The van der Waals surface area contributed by atoms with Crippen molar-refractivity contribution in [3.05, 3.63) is 23.8 Å². The van der Waals surface area contributed by atoms with Crippen molar-refractivity contribution < 1.29 is 4.79 Å². The van der Waals surface area contributed by atoms with Gasteiger partial charge in [0.05, 0.1) is 0 Å². The minimum absolute atomic E-state index is 0. The van der Waals surface area contributed by atoms with Crippen LogP contribution in [-0.2, 0) is 11.3 Å². The highest BCUT2D eigenvalue weighted by Gasteiger charge is 1.99. The molecule has 5 N–H and O–H groups in total. The predicted octanol–water partition coefficient (Wildman–Crippen LogP) is 1.33. The van der Waals surface area contributed by atoms with Crippen LogP contribution in [0.15, 0.2) is 18.2 Å². The van der Waals surface area contributed by atoms with Crippen LogP contribution in [0, 0.1) is 0 Å².